The lowest BCUT2D eigenvalue weighted by atomic mass is 9.90. The molecule has 0 aliphatic carbocycles. The summed E-state index contributed by atoms with van der Waals surface area (Å²) in [7, 11) is -0.577. The van der Waals surface area contributed by atoms with E-state index in [9.17, 15) is 74.6 Å². The van der Waals surface area contributed by atoms with Gasteiger partial charge in [0.25, 0.3) is 6.43 Å². The molecule has 0 aliphatic heterocycles. The monoisotopic (exact) mass is 564 g/mol. The molecular formula is C15H17F17OSi. The van der Waals surface area contributed by atoms with Gasteiger partial charge in [-0.2, -0.15) is 26.3 Å². The number of alkyl halides is 17. The van der Waals surface area contributed by atoms with Crippen LogP contribution in [0.15, 0.2) is 0 Å². The topological polar surface area (TPSA) is 9.23 Å². The molecule has 0 rings (SSSR count). The zero-order valence-corrected chi connectivity index (χ0v) is 18.7. The molecule has 0 N–H and O–H groups in total. The van der Waals surface area contributed by atoms with E-state index in [1.807, 2.05) is 0 Å². The highest BCUT2D eigenvalue weighted by molar-refractivity contribution is 5.98. The van der Waals surface area contributed by atoms with E-state index in [2.05, 4.69) is 4.43 Å². The molecule has 0 aliphatic rings. The van der Waals surface area contributed by atoms with Crippen molar-refractivity contribution in [3.8, 4) is 0 Å². The van der Waals surface area contributed by atoms with Crippen molar-refractivity contribution in [2.75, 3.05) is 0 Å². The Morgan fingerprint density at radius 2 is 0.794 bits per heavy atom. The molecule has 0 aromatic heterocycles. The second kappa shape index (κ2) is 11.8. The van der Waals surface area contributed by atoms with Crippen molar-refractivity contribution in [3.05, 3.63) is 0 Å². The van der Waals surface area contributed by atoms with Gasteiger partial charge in [-0.15, -0.1) is 0 Å². The minimum atomic E-state index is -7.14. The van der Waals surface area contributed by atoms with Gasteiger partial charge in [-0.1, -0.05) is 0 Å². The normalized spacial score (nSPS) is 23.0. The van der Waals surface area contributed by atoms with Crippen molar-refractivity contribution in [1.82, 2.24) is 0 Å². The highest BCUT2D eigenvalue weighted by atomic mass is 28.2. The van der Waals surface area contributed by atoms with E-state index in [1.54, 1.807) is 0 Å². The third-order valence-electron chi connectivity index (χ3n) is 4.66. The van der Waals surface area contributed by atoms with E-state index in [0.717, 1.165) is 0 Å². The van der Waals surface area contributed by atoms with Crippen molar-refractivity contribution in [3.63, 3.8) is 0 Å². The summed E-state index contributed by atoms with van der Waals surface area (Å²) in [6, 6.07) is 0. The van der Waals surface area contributed by atoms with Crippen molar-refractivity contribution < 1.29 is 79.1 Å². The van der Waals surface area contributed by atoms with E-state index in [4.69, 9.17) is 0 Å². The summed E-state index contributed by atoms with van der Waals surface area (Å²) in [5.41, 5.74) is 0. The molecule has 0 aromatic carbocycles. The lowest BCUT2D eigenvalue weighted by Crippen LogP contribution is -2.65. The summed E-state index contributed by atoms with van der Waals surface area (Å²) in [5, 5.41) is 0. The van der Waals surface area contributed by atoms with E-state index < -0.39 is 96.3 Å². The molecular weight excluding hydrogens is 547 g/mol. The Kier molecular flexibility index (Phi) is 11.5. The van der Waals surface area contributed by atoms with Gasteiger partial charge in [-0.05, 0) is 6.92 Å². The highest BCUT2D eigenvalue weighted by Gasteiger charge is 2.79. The predicted molar refractivity (Wildman–Crippen MR) is 85.4 cm³/mol. The van der Waals surface area contributed by atoms with Crippen LogP contribution in [0, 0.1) is 0 Å². The van der Waals surface area contributed by atoms with Crippen molar-refractivity contribution >= 4 is 10.5 Å². The van der Waals surface area contributed by atoms with Gasteiger partial charge in [0.15, 0.2) is 49.4 Å². The maximum absolute atomic E-state index is 13.7. The second-order valence-corrected chi connectivity index (χ2v) is 7.48. The molecule has 0 fully saturated rings. The van der Waals surface area contributed by atoms with Crippen molar-refractivity contribution in [2.45, 2.75) is 92.8 Å². The average molecular weight is 564 g/mol. The Balaban J connectivity index is 5.78. The third kappa shape index (κ3) is 6.21. The number of hydrogen-bond acceptors (Lipinski definition) is 1. The fourth-order valence-electron chi connectivity index (χ4n) is 2.36. The Morgan fingerprint density at radius 3 is 1.12 bits per heavy atom. The van der Waals surface area contributed by atoms with E-state index in [-0.39, 0.29) is 0 Å². The molecule has 0 spiro atoms. The first-order chi connectivity index (χ1) is 15.1. The van der Waals surface area contributed by atoms with Gasteiger partial charge in [0.1, 0.15) is 10.5 Å². The summed E-state index contributed by atoms with van der Waals surface area (Å²) in [5.74, 6) is -20.6. The maximum Gasteiger partial charge on any atom is 0.378 e. The average Bonchev–Trinajstić information content (AvgIpc) is 2.78. The van der Waals surface area contributed by atoms with Crippen LogP contribution < -0.4 is 0 Å². The Labute approximate surface area is 183 Å². The summed E-state index contributed by atoms with van der Waals surface area (Å²) >= 11 is 0. The molecule has 10 unspecified atom stereocenters. The standard InChI is InChI=1S/C15H17F17OSi/c1-2(33-34)10(23)13(27,28)15(31,32)14(29,30)11(24)8(21)6(19)4(17)3(16)5(18)7(20)9(22)12(25)26/h2-12H,1,34H3. The van der Waals surface area contributed by atoms with E-state index in [1.165, 1.54) is 0 Å². The van der Waals surface area contributed by atoms with Crippen LogP contribution in [0.25, 0.3) is 0 Å². The highest BCUT2D eigenvalue weighted by Crippen LogP contribution is 2.52. The van der Waals surface area contributed by atoms with Gasteiger partial charge in [0.05, 0.1) is 6.10 Å². The van der Waals surface area contributed by atoms with Gasteiger partial charge in [-0.25, -0.2) is 48.3 Å². The quantitative estimate of drug-likeness (QED) is 0.216. The first kappa shape index (κ1) is 33.0. The number of hydrogen-bond donors (Lipinski definition) is 0. The van der Waals surface area contributed by atoms with Crippen LogP contribution >= 0.6 is 0 Å². The summed E-state index contributed by atoms with van der Waals surface area (Å²) < 4.78 is 230. The molecule has 0 amide bonds. The van der Waals surface area contributed by atoms with Gasteiger partial charge in [0.2, 0.25) is 6.17 Å². The number of halogens is 17. The van der Waals surface area contributed by atoms with Crippen LogP contribution in [-0.4, -0.2) is 96.3 Å². The predicted octanol–water partition coefficient (Wildman–Crippen LogP) is 4.89. The zero-order chi connectivity index (χ0) is 27.6. The molecule has 206 valence electrons. The molecule has 19 heteroatoms. The summed E-state index contributed by atoms with van der Waals surface area (Å²) in [4.78, 5) is 0. The maximum atomic E-state index is 13.7. The molecule has 10 atom stereocenters. The van der Waals surface area contributed by atoms with Gasteiger partial charge >= 0.3 is 17.8 Å². The van der Waals surface area contributed by atoms with Crippen molar-refractivity contribution in [1.29, 1.82) is 0 Å². The molecule has 34 heavy (non-hydrogen) atoms. The fraction of sp³-hybridized carbons (Fsp3) is 1.00. The smallest absolute Gasteiger partial charge is 0.378 e. The van der Waals surface area contributed by atoms with Gasteiger partial charge in [0, 0.05) is 0 Å². The molecule has 0 radical (unpaired) electrons. The first-order valence-corrected chi connectivity index (χ1v) is 9.65. The van der Waals surface area contributed by atoms with Crippen LogP contribution in [-0.2, 0) is 4.43 Å². The van der Waals surface area contributed by atoms with E-state index in [0.29, 0.717) is 6.92 Å². The van der Waals surface area contributed by atoms with Gasteiger partial charge < -0.3 is 4.43 Å². The Morgan fingerprint density at radius 1 is 0.500 bits per heavy atom. The molecule has 0 saturated heterocycles. The minimum Gasteiger partial charge on any atom is -0.422 e. The Bertz CT molecular complexity index is 624. The van der Waals surface area contributed by atoms with Crippen LogP contribution in [0.5, 0.6) is 0 Å². The molecule has 0 aromatic rings. The molecule has 1 nitrogen and oxygen atoms in total. The zero-order valence-electron chi connectivity index (χ0n) is 16.7. The molecule has 0 heterocycles. The third-order valence-corrected chi connectivity index (χ3v) is 5.40. The van der Waals surface area contributed by atoms with Crippen LogP contribution in [0.1, 0.15) is 6.92 Å². The summed E-state index contributed by atoms with van der Waals surface area (Å²) in [6.07, 6.45) is -48.0. The molecule has 0 saturated carbocycles. The Hall–Kier alpha value is -1.01. The second-order valence-electron chi connectivity index (χ2n) is 7.01. The van der Waals surface area contributed by atoms with Crippen molar-refractivity contribution in [2.24, 2.45) is 0 Å². The molecule has 0 bridgehead atoms. The van der Waals surface area contributed by atoms with E-state index >= 15 is 0 Å². The SMILES string of the molecule is CC(O[SiH3])C(F)C(F)(F)C(F)(F)C(F)(F)C(F)C(F)C(F)C(F)C(F)C(F)C(F)C(F)C(F)F. The van der Waals surface area contributed by atoms with Crippen LogP contribution in [0.3, 0.4) is 0 Å². The summed E-state index contributed by atoms with van der Waals surface area (Å²) in [6.45, 7) is 0.374. The van der Waals surface area contributed by atoms with Crippen LogP contribution in [0.4, 0.5) is 74.6 Å². The van der Waals surface area contributed by atoms with Gasteiger partial charge in [-0.3, -0.25) is 0 Å². The fourth-order valence-corrected chi connectivity index (χ4v) is 2.60. The first-order valence-electron chi connectivity index (χ1n) is 8.83. The van der Waals surface area contributed by atoms with Crippen LogP contribution in [0.2, 0.25) is 0 Å². The number of rotatable bonds is 14. The minimum absolute atomic E-state index is 0.374. The largest absolute Gasteiger partial charge is 0.422 e. The lowest BCUT2D eigenvalue weighted by Gasteiger charge is -2.38. The lowest BCUT2D eigenvalue weighted by molar-refractivity contribution is -0.348.